The Morgan fingerprint density at radius 3 is 2.26 bits per heavy atom. The van der Waals surface area contributed by atoms with Crippen molar-refractivity contribution in [2.75, 3.05) is 14.2 Å². The average molecular weight is 377 g/mol. The van der Waals surface area contributed by atoms with Crippen LogP contribution in [-0.2, 0) is 4.74 Å². The molecule has 0 saturated carbocycles. The fourth-order valence-electron chi connectivity index (χ4n) is 4.00. The molecular formula is C19H27N3O5. The molecule has 0 aliphatic carbocycles. The molecule has 0 N–H and O–H groups in total. The predicted octanol–water partition coefficient (Wildman–Crippen LogP) is 2.85. The second kappa shape index (κ2) is 7.32. The van der Waals surface area contributed by atoms with Gasteiger partial charge in [0.05, 0.1) is 19.8 Å². The first-order chi connectivity index (χ1) is 12.7. The molecule has 1 aromatic rings. The van der Waals surface area contributed by atoms with E-state index in [9.17, 15) is 9.59 Å². The lowest BCUT2D eigenvalue weighted by Gasteiger charge is -2.39. The van der Waals surface area contributed by atoms with E-state index in [2.05, 4.69) is 9.97 Å². The van der Waals surface area contributed by atoms with Gasteiger partial charge in [0.2, 0.25) is 5.88 Å². The maximum atomic E-state index is 13.1. The van der Waals surface area contributed by atoms with E-state index in [0.717, 1.165) is 12.8 Å². The summed E-state index contributed by atoms with van der Waals surface area (Å²) < 4.78 is 15.8. The highest BCUT2D eigenvalue weighted by Gasteiger charge is 2.47. The van der Waals surface area contributed by atoms with Crippen molar-refractivity contribution in [3.63, 3.8) is 0 Å². The molecule has 2 unspecified atom stereocenters. The molecule has 2 saturated heterocycles. The minimum absolute atomic E-state index is 0.0257. The van der Waals surface area contributed by atoms with Gasteiger partial charge in [-0.2, -0.15) is 4.98 Å². The zero-order chi connectivity index (χ0) is 19.8. The molecule has 0 aromatic carbocycles. The van der Waals surface area contributed by atoms with Crippen LogP contribution in [0.4, 0.5) is 4.79 Å². The smallest absolute Gasteiger partial charge is 0.410 e. The van der Waals surface area contributed by atoms with E-state index in [0.29, 0.717) is 18.4 Å². The molecule has 148 valence electrons. The molecule has 2 fully saturated rings. The third-order valence-corrected chi connectivity index (χ3v) is 5.08. The van der Waals surface area contributed by atoms with Gasteiger partial charge in [0, 0.05) is 24.2 Å². The Bertz CT molecular complexity index is 717. The largest absolute Gasteiger partial charge is 0.480 e. The molecule has 0 spiro atoms. The topological polar surface area (TPSA) is 90.9 Å². The van der Waals surface area contributed by atoms with Gasteiger partial charge in [-0.05, 0) is 46.5 Å². The maximum absolute atomic E-state index is 13.1. The van der Waals surface area contributed by atoms with Crippen LogP contribution in [0.5, 0.6) is 11.9 Å². The molecule has 2 aliphatic heterocycles. The Morgan fingerprint density at radius 1 is 1.11 bits per heavy atom. The second-order valence-electron chi connectivity index (χ2n) is 8.08. The van der Waals surface area contributed by atoms with Crippen molar-refractivity contribution in [2.24, 2.45) is 5.92 Å². The van der Waals surface area contributed by atoms with E-state index in [1.54, 1.807) is 0 Å². The van der Waals surface area contributed by atoms with Crippen LogP contribution >= 0.6 is 0 Å². The van der Waals surface area contributed by atoms with Crippen molar-refractivity contribution in [2.45, 2.75) is 64.1 Å². The summed E-state index contributed by atoms with van der Waals surface area (Å²) in [7, 11) is 2.92. The van der Waals surface area contributed by atoms with Crippen molar-refractivity contribution in [1.82, 2.24) is 14.9 Å². The van der Waals surface area contributed by atoms with E-state index in [1.807, 2.05) is 25.7 Å². The molecule has 0 radical (unpaired) electrons. The first-order valence-corrected chi connectivity index (χ1v) is 9.24. The highest BCUT2D eigenvalue weighted by molar-refractivity contribution is 5.99. The summed E-state index contributed by atoms with van der Waals surface area (Å²) in [6, 6.07) is 0.207. The highest BCUT2D eigenvalue weighted by Crippen LogP contribution is 2.41. The van der Waals surface area contributed by atoms with E-state index >= 15 is 0 Å². The van der Waals surface area contributed by atoms with Crippen molar-refractivity contribution in [3.8, 4) is 11.9 Å². The summed E-state index contributed by atoms with van der Waals surface area (Å²) in [4.78, 5) is 35.6. The normalized spacial score (nSPS) is 24.5. The lowest BCUT2D eigenvalue weighted by Crippen LogP contribution is -2.49. The number of carbonyl (C=O) groups excluding carboxylic acids is 2. The number of hydrogen-bond acceptors (Lipinski definition) is 7. The fourth-order valence-corrected chi connectivity index (χ4v) is 4.00. The minimum atomic E-state index is -0.531. The molecule has 1 amide bonds. The number of methoxy groups -OCH3 is 2. The number of nitrogens with zero attached hydrogens (tertiary/aromatic N) is 3. The van der Waals surface area contributed by atoms with E-state index in [-0.39, 0.29) is 41.8 Å². The van der Waals surface area contributed by atoms with E-state index < -0.39 is 5.60 Å². The first-order valence-electron chi connectivity index (χ1n) is 9.24. The monoisotopic (exact) mass is 377 g/mol. The summed E-state index contributed by atoms with van der Waals surface area (Å²) >= 11 is 0. The zero-order valence-electron chi connectivity index (χ0n) is 16.5. The Kier molecular flexibility index (Phi) is 5.26. The Labute approximate surface area is 159 Å². The van der Waals surface area contributed by atoms with Gasteiger partial charge >= 0.3 is 12.1 Å². The van der Waals surface area contributed by atoms with Gasteiger partial charge in [0.1, 0.15) is 5.60 Å². The minimum Gasteiger partial charge on any atom is -0.480 e. The third-order valence-electron chi connectivity index (χ3n) is 5.08. The van der Waals surface area contributed by atoms with Crippen LogP contribution in [0.25, 0.3) is 0 Å². The van der Waals surface area contributed by atoms with Crippen LogP contribution < -0.4 is 9.47 Å². The van der Waals surface area contributed by atoms with Crippen molar-refractivity contribution >= 4 is 11.9 Å². The lowest BCUT2D eigenvalue weighted by atomic mass is 9.85. The van der Waals surface area contributed by atoms with Crippen LogP contribution in [0.1, 0.15) is 56.8 Å². The zero-order valence-corrected chi connectivity index (χ0v) is 16.5. The SMILES string of the molecule is COc1ncc(C(=O)C2CC3CCC(C2)N3C(=O)OC(C)(C)C)c(OC)n1. The average Bonchev–Trinajstić information content (AvgIpc) is 2.89. The predicted molar refractivity (Wildman–Crippen MR) is 97.1 cm³/mol. The van der Waals surface area contributed by atoms with Crippen molar-refractivity contribution in [1.29, 1.82) is 0 Å². The molecular weight excluding hydrogens is 350 g/mol. The van der Waals surface area contributed by atoms with Crippen LogP contribution in [-0.4, -0.2) is 58.6 Å². The third kappa shape index (κ3) is 3.99. The van der Waals surface area contributed by atoms with Crippen LogP contribution in [0.2, 0.25) is 0 Å². The highest BCUT2D eigenvalue weighted by atomic mass is 16.6. The number of Topliss-reactive ketones (excluding diaryl/α,β-unsaturated/α-hetero) is 1. The van der Waals surface area contributed by atoms with Gasteiger partial charge in [-0.25, -0.2) is 9.78 Å². The standard InChI is InChI=1S/C19H27N3O5/c1-19(2,3)27-18(24)22-12-6-7-13(22)9-11(8-12)15(23)14-10-20-17(26-5)21-16(14)25-4/h10-13H,6-9H2,1-5H3. The summed E-state index contributed by atoms with van der Waals surface area (Å²) in [6.45, 7) is 5.58. The number of ketones is 1. The number of rotatable bonds is 4. The van der Waals surface area contributed by atoms with E-state index in [1.165, 1.54) is 20.4 Å². The van der Waals surface area contributed by atoms with E-state index in [4.69, 9.17) is 14.2 Å². The number of fused-ring (bicyclic) bond motifs is 2. The van der Waals surface area contributed by atoms with Crippen LogP contribution in [0, 0.1) is 5.92 Å². The summed E-state index contributed by atoms with van der Waals surface area (Å²) in [6.07, 6.45) is 4.18. The van der Waals surface area contributed by atoms with Gasteiger partial charge in [0.15, 0.2) is 5.78 Å². The number of carbonyl (C=O) groups is 2. The fraction of sp³-hybridized carbons (Fsp3) is 0.684. The second-order valence-corrected chi connectivity index (χ2v) is 8.08. The number of ether oxygens (including phenoxy) is 3. The number of hydrogen-bond donors (Lipinski definition) is 0. The molecule has 2 atom stereocenters. The first kappa shape index (κ1) is 19.4. The Morgan fingerprint density at radius 2 is 1.74 bits per heavy atom. The van der Waals surface area contributed by atoms with Crippen LogP contribution in [0.15, 0.2) is 6.20 Å². The summed E-state index contributed by atoms with van der Waals surface area (Å²) in [5.74, 6) is -0.0175. The number of amides is 1. The summed E-state index contributed by atoms with van der Waals surface area (Å²) in [5, 5.41) is 0. The molecule has 2 bridgehead atoms. The number of piperidine rings is 1. The quantitative estimate of drug-likeness (QED) is 0.745. The Hall–Kier alpha value is -2.38. The Balaban J connectivity index is 1.75. The molecule has 27 heavy (non-hydrogen) atoms. The molecule has 8 nitrogen and oxygen atoms in total. The summed E-state index contributed by atoms with van der Waals surface area (Å²) in [5.41, 5.74) is -0.176. The lowest BCUT2D eigenvalue weighted by molar-refractivity contribution is 0.00250. The van der Waals surface area contributed by atoms with Gasteiger partial charge in [-0.15, -0.1) is 0 Å². The van der Waals surface area contributed by atoms with Crippen LogP contribution in [0.3, 0.4) is 0 Å². The van der Waals surface area contributed by atoms with Crippen molar-refractivity contribution < 1.29 is 23.8 Å². The molecule has 3 rings (SSSR count). The molecule has 2 aliphatic rings. The van der Waals surface area contributed by atoms with Gasteiger partial charge in [-0.1, -0.05) is 0 Å². The number of aromatic nitrogens is 2. The molecule has 8 heteroatoms. The van der Waals surface area contributed by atoms with Crippen molar-refractivity contribution in [3.05, 3.63) is 11.8 Å². The maximum Gasteiger partial charge on any atom is 0.410 e. The van der Waals surface area contributed by atoms with Gasteiger partial charge < -0.3 is 19.1 Å². The van der Waals surface area contributed by atoms with Gasteiger partial charge in [0.25, 0.3) is 0 Å². The van der Waals surface area contributed by atoms with Gasteiger partial charge in [-0.3, -0.25) is 4.79 Å². The molecule has 1 aromatic heterocycles. The molecule has 3 heterocycles.